The van der Waals surface area contributed by atoms with Crippen molar-refractivity contribution in [2.45, 2.75) is 25.0 Å². The molecule has 0 saturated carbocycles. The van der Waals surface area contributed by atoms with Crippen molar-refractivity contribution in [1.82, 2.24) is 15.2 Å². The van der Waals surface area contributed by atoms with E-state index < -0.39 is 17.5 Å². The van der Waals surface area contributed by atoms with Crippen molar-refractivity contribution in [2.75, 3.05) is 7.11 Å². The minimum Gasteiger partial charge on any atom is -0.497 e. The van der Waals surface area contributed by atoms with Crippen LogP contribution in [0.25, 0.3) is 10.8 Å². The summed E-state index contributed by atoms with van der Waals surface area (Å²) in [5.41, 5.74) is 5.97. The second-order valence-corrected chi connectivity index (χ2v) is 7.51. The summed E-state index contributed by atoms with van der Waals surface area (Å²) in [6.45, 7) is 1.81. The first-order valence-corrected chi connectivity index (χ1v) is 9.69. The van der Waals surface area contributed by atoms with Gasteiger partial charge in [-0.15, -0.1) is 0 Å². The maximum Gasteiger partial charge on any atom is 0.323 e. The van der Waals surface area contributed by atoms with Gasteiger partial charge in [0.15, 0.2) is 5.88 Å². The number of hydrogen-bond acceptors (Lipinski definition) is 5. The van der Waals surface area contributed by atoms with E-state index in [2.05, 4.69) is 22.5 Å². The Labute approximate surface area is 179 Å². The Bertz CT molecular complexity index is 1230. The van der Waals surface area contributed by atoms with E-state index in [4.69, 9.17) is 10.5 Å². The summed E-state index contributed by atoms with van der Waals surface area (Å²) < 4.78 is 6.70. The number of amides is 3. The highest BCUT2D eigenvalue weighted by Crippen LogP contribution is 2.32. The van der Waals surface area contributed by atoms with Gasteiger partial charge >= 0.3 is 6.03 Å². The average molecular weight is 418 g/mol. The Balaban J connectivity index is 1.71. The van der Waals surface area contributed by atoms with E-state index in [1.54, 1.807) is 31.5 Å². The highest BCUT2D eigenvalue weighted by molar-refractivity contribution is 6.09. The third kappa shape index (κ3) is 3.79. The smallest absolute Gasteiger partial charge is 0.323 e. The second kappa shape index (κ2) is 7.70. The number of aromatic nitrogens is 1. The molecule has 1 aliphatic heterocycles. The summed E-state index contributed by atoms with van der Waals surface area (Å²) in [4.78, 5) is 24.6. The Morgan fingerprint density at radius 3 is 2.58 bits per heavy atom. The number of nitrogens with zero attached hydrogens (tertiary/aromatic N) is 1. The zero-order valence-electron chi connectivity index (χ0n) is 17.1. The van der Waals surface area contributed by atoms with Crippen LogP contribution in [0.5, 0.6) is 11.6 Å². The molecule has 1 saturated heterocycles. The number of aromatic hydroxyl groups is 1. The van der Waals surface area contributed by atoms with Crippen LogP contribution in [0.1, 0.15) is 24.1 Å². The van der Waals surface area contributed by atoms with E-state index in [0.717, 1.165) is 10.9 Å². The summed E-state index contributed by atoms with van der Waals surface area (Å²) in [7, 11) is 1.54. The summed E-state index contributed by atoms with van der Waals surface area (Å²) in [6.07, 6.45) is 1.70. The molecule has 1 fully saturated rings. The lowest BCUT2D eigenvalue weighted by Crippen LogP contribution is -2.49. The summed E-state index contributed by atoms with van der Waals surface area (Å²) in [5, 5.41) is 16.9. The van der Waals surface area contributed by atoms with Gasteiger partial charge in [0.05, 0.1) is 13.7 Å². The maximum atomic E-state index is 12.7. The molecule has 158 valence electrons. The fourth-order valence-electron chi connectivity index (χ4n) is 3.51. The zero-order valence-corrected chi connectivity index (χ0v) is 17.1. The number of nitrogens with two attached hydrogens (primary N) is 1. The van der Waals surface area contributed by atoms with Crippen LogP contribution < -0.4 is 21.1 Å². The molecule has 0 spiro atoms. The van der Waals surface area contributed by atoms with E-state index in [9.17, 15) is 14.7 Å². The van der Waals surface area contributed by atoms with Gasteiger partial charge in [-0.1, -0.05) is 24.0 Å². The Kier molecular flexibility index (Phi) is 5.05. The zero-order chi connectivity index (χ0) is 22.2. The lowest BCUT2D eigenvalue weighted by Gasteiger charge is -2.20. The second-order valence-electron chi connectivity index (χ2n) is 7.51. The number of benzene rings is 2. The van der Waals surface area contributed by atoms with E-state index in [1.165, 1.54) is 4.57 Å². The van der Waals surface area contributed by atoms with Crippen molar-refractivity contribution < 1.29 is 19.4 Å². The molecule has 2 atom stereocenters. The third-order valence-corrected chi connectivity index (χ3v) is 5.27. The summed E-state index contributed by atoms with van der Waals surface area (Å²) in [5.74, 6) is 5.82. The fourth-order valence-corrected chi connectivity index (χ4v) is 3.51. The molecule has 0 unspecified atom stereocenters. The monoisotopic (exact) mass is 418 g/mol. The lowest BCUT2D eigenvalue weighted by atomic mass is 9.99. The molecule has 5 N–H and O–H groups in total. The van der Waals surface area contributed by atoms with Crippen molar-refractivity contribution in [3.8, 4) is 23.5 Å². The highest BCUT2D eigenvalue weighted by Gasteiger charge is 2.46. The van der Waals surface area contributed by atoms with Crippen molar-refractivity contribution in [2.24, 2.45) is 5.73 Å². The van der Waals surface area contributed by atoms with Crippen LogP contribution in [0, 0.1) is 11.8 Å². The molecule has 0 bridgehead atoms. The first-order valence-electron chi connectivity index (χ1n) is 9.69. The van der Waals surface area contributed by atoms with Gasteiger partial charge in [-0.3, -0.25) is 10.1 Å². The van der Waals surface area contributed by atoms with Crippen molar-refractivity contribution in [3.05, 3.63) is 59.8 Å². The minimum absolute atomic E-state index is 0.0506. The molecule has 3 amide bonds. The van der Waals surface area contributed by atoms with Gasteiger partial charge in [-0.2, -0.15) is 0 Å². The van der Waals surface area contributed by atoms with Crippen molar-refractivity contribution in [3.63, 3.8) is 0 Å². The maximum absolute atomic E-state index is 12.7. The molecule has 0 radical (unpaired) electrons. The van der Waals surface area contributed by atoms with Gasteiger partial charge < -0.3 is 25.5 Å². The minimum atomic E-state index is -1.53. The number of hydrogen-bond donors (Lipinski definition) is 4. The number of carbonyl (C=O) groups excluding carboxylic acids is 2. The van der Waals surface area contributed by atoms with Crippen LogP contribution in [-0.4, -0.2) is 34.3 Å². The number of rotatable bonds is 4. The standard InChI is InChI=1S/C23H22N4O4/c1-14(24)16-5-3-15(4-6-16)9-10-23(21(29)25-22(30)26-23)13-27-12-17-7-8-18(31-2)11-19(17)20(27)28/h3-8,11-12,14,28H,13,24H2,1-2H3,(H2,25,26,29,30)/t14-,23-/m0/s1. The Morgan fingerprint density at radius 2 is 1.97 bits per heavy atom. The number of urea groups is 1. The van der Waals surface area contributed by atoms with E-state index in [1.807, 2.05) is 31.2 Å². The van der Waals surface area contributed by atoms with E-state index >= 15 is 0 Å². The highest BCUT2D eigenvalue weighted by atomic mass is 16.5. The molecule has 31 heavy (non-hydrogen) atoms. The molecule has 2 heterocycles. The number of ether oxygens (including phenoxy) is 1. The first kappa shape index (κ1) is 20.3. The molecule has 3 aromatic rings. The number of carbonyl (C=O) groups is 2. The third-order valence-electron chi connectivity index (χ3n) is 5.27. The van der Waals surface area contributed by atoms with Crippen LogP contribution in [-0.2, 0) is 11.3 Å². The van der Waals surface area contributed by atoms with Crippen molar-refractivity contribution >= 4 is 22.7 Å². The molecule has 2 aromatic carbocycles. The molecular weight excluding hydrogens is 396 g/mol. The number of imide groups is 1. The van der Waals surface area contributed by atoms with Gasteiger partial charge in [0.1, 0.15) is 5.75 Å². The van der Waals surface area contributed by atoms with Crippen LogP contribution in [0.15, 0.2) is 48.7 Å². The largest absolute Gasteiger partial charge is 0.497 e. The predicted molar refractivity (Wildman–Crippen MR) is 115 cm³/mol. The summed E-state index contributed by atoms with van der Waals surface area (Å²) in [6, 6.07) is 11.9. The molecule has 1 aromatic heterocycles. The summed E-state index contributed by atoms with van der Waals surface area (Å²) >= 11 is 0. The van der Waals surface area contributed by atoms with Gasteiger partial charge in [0.25, 0.3) is 5.91 Å². The van der Waals surface area contributed by atoms with Gasteiger partial charge in [0.2, 0.25) is 5.54 Å². The fraction of sp³-hybridized carbons (Fsp3) is 0.217. The molecule has 1 aliphatic rings. The van der Waals surface area contributed by atoms with Crippen LogP contribution in [0.4, 0.5) is 4.79 Å². The predicted octanol–water partition coefficient (Wildman–Crippen LogP) is 2.01. The molecular formula is C23H22N4O4. The molecule has 8 heteroatoms. The molecule has 8 nitrogen and oxygen atoms in total. The van der Waals surface area contributed by atoms with Gasteiger partial charge in [-0.05, 0) is 42.8 Å². The van der Waals surface area contributed by atoms with Crippen LogP contribution in [0.2, 0.25) is 0 Å². The van der Waals surface area contributed by atoms with Crippen LogP contribution in [0.3, 0.4) is 0 Å². The topological polar surface area (TPSA) is 119 Å². The normalized spacial score (nSPS) is 18.8. The molecule has 4 rings (SSSR count). The van der Waals surface area contributed by atoms with Gasteiger partial charge in [0, 0.05) is 28.6 Å². The Hall–Kier alpha value is -3.96. The number of nitrogens with one attached hydrogen (secondary N) is 2. The first-order chi connectivity index (χ1) is 14.8. The quantitative estimate of drug-likeness (QED) is 0.382. The average Bonchev–Trinajstić information content (AvgIpc) is 3.21. The molecule has 0 aliphatic carbocycles. The van der Waals surface area contributed by atoms with E-state index in [-0.39, 0.29) is 18.5 Å². The number of methoxy groups -OCH3 is 1. The SMILES string of the molecule is COc1ccc2cn(C[C@]3(C#Cc4ccc([C@H](C)N)cc4)NC(=O)NC3=O)c(O)c2c1. The number of fused-ring (bicyclic) bond motifs is 1. The van der Waals surface area contributed by atoms with Crippen LogP contribution >= 0.6 is 0 Å². The van der Waals surface area contributed by atoms with Crippen molar-refractivity contribution in [1.29, 1.82) is 0 Å². The van der Waals surface area contributed by atoms with Gasteiger partial charge in [-0.25, -0.2) is 4.79 Å². The lowest BCUT2D eigenvalue weighted by molar-refractivity contribution is -0.122. The Morgan fingerprint density at radius 1 is 1.23 bits per heavy atom. The van der Waals surface area contributed by atoms with E-state index in [0.29, 0.717) is 16.7 Å².